The first-order valence-corrected chi connectivity index (χ1v) is 5.10. The fraction of sp³-hybridized carbons (Fsp3) is 0.0909. The van der Waals surface area contributed by atoms with Gasteiger partial charge >= 0.3 is 5.82 Å². The van der Waals surface area contributed by atoms with Crippen molar-refractivity contribution < 1.29 is 33.9 Å². The largest absolute Gasteiger partial charge is 1.00 e. The van der Waals surface area contributed by atoms with Crippen molar-refractivity contribution in [3.05, 3.63) is 40.2 Å². The molecule has 2 aromatic heterocycles. The van der Waals surface area contributed by atoms with Crippen molar-refractivity contribution in [2.75, 3.05) is 0 Å². The number of aromatic amines is 2. The Hall–Kier alpha value is -1.77. The number of nitrogens with one attached hydrogen (secondary N) is 2. The molecule has 2 heterocycles. The molecule has 0 bridgehead atoms. The number of hydrogen-bond acceptors (Lipinski definition) is 3. The van der Waals surface area contributed by atoms with E-state index in [1.807, 2.05) is 13.0 Å². The first-order valence-electron chi connectivity index (χ1n) is 5.10. The summed E-state index contributed by atoms with van der Waals surface area (Å²) in [6.45, 7) is 1.85. The predicted molar refractivity (Wildman–Crippen MR) is 61.5 cm³/mol. The average molecular weight is 356 g/mol. The van der Waals surface area contributed by atoms with Crippen LogP contribution in [-0.4, -0.2) is 14.9 Å². The number of halogens is 1. The lowest BCUT2D eigenvalue weighted by Gasteiger charge is -2.01. The molecule has 18 heavy (non-hydrogen) atoms. The van der Waals surface area contributed by atoms with Crippen molar-refractivity contribution >= 4 is 27.8 Å². The van der Waals surface area contributed by atoms with Crippen LogP contribution in [0.5, 0.6) is 0 Å². The van der Waals surface area contributed by atoms with Crippen molar-refractivity contribution in [1.82, 2.24) is 9.97 Å². The predicted octanol–water partition coefficient (Wildman–Crippen LogP) is -1.25. The van der Waals surface area contributed by atoms with Gasteiger partial charge < -0.3 is 34.1 Å². The zero-order valence-corrected chi connectivity index (χ0v) is 11.6. The second-order valence-corrected chi connectivity index (χ2v) is 3.88. The summed E-state index contributed by atoms with van der Waals surface area (Å²) in [4.78, 5) is 20.4. The first-order chi connectivity index (χ1) is 8.16. The second kappa shape index (κ2) is 4.48. The Morgan fingerprint density at radius 1 is 1.44 bits per heavy atom. The van der Waals surface area contributed by atoms with E-state index >= 15 is 0 Å². The number of nitrogens with zero attached hydrogens (tertiary/aromatic N) is 2. The standard InChI is InChI=1S/C11H8N4O2.HI/c1-6-4-9(15(16)17)14-7-2-3-8-11(10(6)7)13-5-12-8;/h2-5,14H,1H3;1H. The Morgan fingerprint density at radius 3 is 2.94 bits per heavy atom. The van der Waals surface area contributed by atoms with Gasteiger partial charge in [0.2, 0.25) is 5.52 Å². The molecule has 0 aliphatic rings. The van der Waals surface area contributed by atoms with Crippen LogP contribution in [0.4, 0.5) is 5.82 Å². The van der Waals surface area contributed by atoms with Gasteiger partial charge in [-0.2, -0.15) is 0 Å². The maximum absolute atomic E-state index is 10.8. The van der Waals surface area contributed by atoms with Crippen molar-refractivity contribution in [2.45, 2.75) is 6.92 Å². The maximum atomic E-state index is 10.8. The number of nitro groups is 1. The van der Waals surface area contributed by atoms with Gasteiger partial charge in [-0.25, -0.2) is 9.97 Å². The number of imidazole rings is 1. The van der Waals surface area contributed by atoms with E-state index in [4.69, 9.17) is 0 Å². The van der Waals surface area contributed by atoms with Gasteiger partial charge in [-0.1, -0.05) is 0 Å². The Bertz CT molecular complexity index is 753. The van der Waals surface area contributed by atoms with Crippen LogP contribution in [0.1, 0.15) is 5.56 Å². The number of rotatable bonds is 1. The number of pyridine rings is 1. The number of fused-ring (bicyclic) bond motifs is 3. The van der Waals surface area contributed by atoms with Gasteiger partial charge in [-0.15, -0.1) is 0 Å². The van der Waals surface area contributed by atoms with Crippen LogP contribution in [0.2, 0.25) is 0 Å². The Balaban J connectivity index is 0.00000120. The summed E-state index contributed by atoms with van der Waals surface area (Å²) in [6, 6.07) is 5.16. The molecule has 7 heteroatoms. The van der Waals surface area contributed by atoms with Gasteiger partial charge in [0.15, 0.2) is 5.52 Å². The summed E-state index contributed by atoms with van der Waals surface area (Å²) in [5, 5.41) is 11.7. The van der Waals surface area contributed by atoms with Gasteiger partial charge in [0.1, 0.15) is 5.52 Å². The van der Waals surface area contributed by atoms with E-state index in [-0.39, 0.29) is 29.8 Å². The molecule has 0 unspecified atom stereocenters. The highest BCUT2D eigenvalue weighted by Crippen LogP contribution is 2.25. The van der Waals surface area contributed by atoms with E-state index < -0.39 is 4.92 Å². The normalized spacial score (nSPS) is 10.5. The Kier molecular flexibility index (Phi) is 3.16. The molecule has 0 radical (unpaired) electrons. The summed E-state index contributed by atoms with van der Waals surface area (Å²) >= 11 is 0. The molecule has 6 nitrogen and oxygen atoms in total. The SMILES string of the molecule is Cc1cc([N+](=O)[O-])[nH]c2ccc3nc[nH+]c3c12.[I-]. The highest BCUT2D eigenvalue weighted by Gasteiger charge is 2.16. The first kappa shape index (κ1) is 12.7. The fourth-order valence-corrected chi connectivity index (χ4v) is 2.08. The van der Waals surface area contributed by atoms with Crippen molar-refractivity contribution in [1.29, 1.82) is 0 Å². The summed E-state index contributed by atoms with van der Waals surface area (Å²) in [7, 11) is 0. The molecule has 92 valence electrons. The van der Waals surface area contributed by atoms with Gasteiger partial charge in [0.05, 0.1) is 5.39 Å². The minimum absolute atomic E-state index is 0. The van der Waals surface area contributed by atoms with Gasteiger partial charge in [-0.3, -0.25) is 0 Å². The minimum Gasteiger partial charge on any atom is -1.00 e. The molecule has 0 aliphatic heterocycles. The summed E-state index contributed by atoms with van der Waals surface area (Å²) in [5.41, 5.74) is 3.32. The molecule has 3 rings (SSSR count). The molecule has 0 amide bonds. The molecular weight excluding hydrogens is 347 g/mol. The molecule has 0 spiro atoms. The lowest BCUT2D eigenvalue weighted by atomic mass is 10.1. The molecule has 1 aromatic carbocycles. The number of hydrogen-bond donors (Lipinski definition) is 1. The molecule has 0 aliphatic carbocycles. The smallest absolute Gasteiger partial charge is 0.321 e. The van der Waals surface area contributed by atoms with E-state index in [9.17, 15) is 10.1 Å². The summed E-state index contributed by atoms with van der Waals surface area (Å²) < 4.78 is 0. The van der Waals surface area contributed by atoms with Crippen LogP contribution in [0.25, 0.3) is 21.9 Å². The van der Waals surface area contributed by atoms with Crippen LogP contribution in [-0.2, 0) is 0 Å². The monoisotopic (exact) mass is 356 g/mol. The third-order valence-corrected chi connectivity index (χ3v) is 2.80. The van der Waals surface area contributed by atoms with Crippen molar-refractivity contribution in [2.24, 2.45) is 0 Å². The highest BCUT2D eigenvalue weighted by atomic mass is 127. The minimum atomic E-state index is -0.427. The Morgan fingerprint density at radius 2 is 2.22 bits per heavy atom. The topological polar surface area (TPSA) is 86.0 Å². The van der Waals surface area contributed by atoms with Gasteiger partial charge in [-0.05, 0) is 34.5 Å². The molecule has 2 N–H and O–H groups in total. The van der Waals surface area contributed by atoms with Crippen molar-refractivity contribution in [3.63, 3.8) is 0 Å². The number of H-pyrrole nitrogens is 2. The zero-order chi connectivity index (χ0) is 12.0. The van der Waals surface area contributed by atoms with E-state index in [1.54, 1.807) is 12.4 Å². The van der Waals surface area contributed by atoms with Crippen LogP contribution in [0.3, 0.4) is 0 Å². The third-order valence-electron chi connectivity index (χ3n) is 2.80. The van der Waals surface area contributed by atoms with Crippen LogP contribution in [0, 0.1) is 17.0 Å². The molecular formula is C11H9IN4O2. The van der Waals surface area contributed by atoms with Crippen LogP contribution >= 0.6 is 0 Å². The van der Waals surface area contributed by atoms with Gasteiger partial charge in [0, 0.05) is 6.07 Å². The molecule has 3 aromatic rings. The van der Waals surface area contributed by atoms with Crippen LogP contribution < -0.4 is 29.0 Å². The Labute approximate surface area is 119 Å². The van der Waals surface area contributed by atoms with E-state index in [1.165, 1.54) is 6.07 Å². The van der Waals surface area contributed by atoms with Gasteiger partial charge in [0.25, 0.3) is 6.33 Å². The third kappa shape index (κ3) is 1.80. The molecule has 0 atom stereocenters. The zero-order valence-electron chi connectivity index (χ0n) is 9.40. The van der Waals surface area contributed by atoms with Crippen LogP contribution in [0.15, 0.2) is 24.5 Å². The quantitative estimate of drug-likeness (QED) is 0.336. The second-order valence-electron chi connectivity index (χ2n) is 3.88. The number of aryl methyl sites for hydroxylation is 1. The van der Waals surface area contributed by atoms with E-state index in [0.717, 1.165) is 27.5 Å². The summed E-state index contributed by atoms with van der Waals surface area (Å²) in [5.74, 6) is -0.00568. The lowest BCUT2D eigenvalue weighted by Crippen LogP contribution is -3.00. The lowest BCUT2D eigenvalue weighted by molar-refractivity contribution is -0.389. The van der Waals surface area contributed by atoms with Crippen molar-refractivity contribution in [3.8, 4) is 0 Å². The number of benzene rings is 1. The molecule has 0 fully saturated rings. The number of aromatic nitrogens is 3. The average Bonchev–Trinajstić information content (AvgIpc) is 2.76. The van der Waals surface area contributed by atoms with E-state index in [0.29, 0.717) is 0 Å². The van der Waals surface area contributed by atoms with E-state index in [2.05, 4.69) is 15.0 Å². The summed E-state index contributed by atoms with van der Waals surface area (Å²) in [6.07, 6.45) is 1.62. The fourth-order valence-electron chi connectivity index (χ4n) is 2.08. The highest BCUT2D eigenvalue weighted by molar-refractivity contribution is 6.02. The molecule has 0 saturated carbocycles. The maximum Gasteiger partial charge on any atom is 0.321 e. The molecule has 0 saturated heterocycles.